The van der Waals surface area contributed by atoms with Crippen LogP contribution in [0.1, 0.15) is 61.0 Å². The number of nitrogens with one attached hydrogen (secondary N) is 1. The molecule has 198 valence electrons. The van der Waals surface area contributed by atoms with E-state index in [1.165, 1.54) is 10.9 Å². The maximum atomic E-state index is 13.7. The molecule has 0 radical (unpaired) electrons. The van der Waals surface area contributed by atoms with Crippen LogP contribution < -0.4 is 5.32 Å². The normalized spacial score (nSPS) is 21.1. The molecule has 0 spiro atoms. The van der Waals surface area contributed by atoms with Crippen LogP contribution in [0.5, 0.6) is 0 Å². The van der Waals surface area contributed by atoms with Crippen LogP contribution in [0, 0.1) is 11.9 Å². The number of alkyl halides is 3. The number of hydrogen-bond acceptors (Lipinski definition) is 4. The molecule has 3 heterocycles. The number of amides is 1. The number of hydrogen-bond donors (Lipinski definition) is 1. The number of carbonyl (C=O) groups excluding carboxylic acids is 1. The first-order valence-corrected chi connectivity index (χ1v) is 12.9. The lowest BCUT2D eigenvalue weighted by atomic mass is 9.84. The van der Waals surface area contributed by atoms with Gasteiger partial charge in [-0.3, -0.25) is 14.5 Å². The van der Waals surface area contributed by atoms with E-state index in [2.05, 4.69) is 20.3 Å². The van der Waals surface area contributed by atoms with Gasteiger partial charge in [-0.25, -0.2) is 0 Å². The van der Waals surface area contributed by atoms with Gasteiger partial charge in [-0.2, -0.15) is 17.6 Å². The average Bonchev–Trinajstić information content (AvgIpc) is 3.01. The van der Waals surface area contributed by atoms with Crippen molar-refractivity contribution < 1.29 is 22.4 Å². The summed E-state index contributed by atoms with van der Waals surface area (Å²) in [5, 5.41) is 6.69. The zero-order chi connectivity index (χ0) is 25.7. The number of carbonyl (C=O) groups is 1. The van der Waals surface area contributed by atoms with Gasteiger partial charge in [-0.15, -0.1) is 5.10 Å². The van der Waals surface area contributed by atoms with E-state index in [0.717, 1.165) is 75.8 Å². The summed E-state index contributed by atoms with van der Waals surface area (Å²) in [6.07, 6.45) is 3.22. The van der Waals surface area contributed by atoms with Crippen molar-refractivity contribution in [1.82, 2.24) is 25.0 Å². The fourth-order valence-corrected chi connectivity index (χ4v) is 5.35. The summed E-state index contributed by atoms with van der Waals surface area (Å²) in [5.74, 6) is -0.137. The number of pyridine rings is 1. The largest absolute Gasteiger partial charge is 0.389 e. The zero-order valence-corrected chi connectivity index (χ0v) is 20.8. The molecule has 1 amide bonds. The highest BCUT2D eigenvalue weighted by Crippen LogP contribution is 2.28. The number of nitrogens with zero attached hydrogens (tertiary/aromatic N) is 4. The highest BCUT2D eigenvalue weighted by atomic mass is 19.4. The first-order chi connectivity index (χ1) is 17.1. The lowest BCUT2D eigenvalue weighted by Crippen LogP contribution is -2.39. The van der Waals surface area contributed by atoms with E-state index in [1.807, 2.05) is 6.07 Å². The topological polar surface area (TPSA) is 63.1 Å². The van der Waals surface area contributed by atoms with Crippen LogP contribution in [0.25, 0.3) is 0 Å². The van der Waals surface area contributed by atoms with Crippen molar-refractivity contribution in [2.45, 2.75) is 76.4 Å². The van der Waals surface area contributed by atoms with Crippen molar-refractivity contribution >= 4 is 5.91 Å². The van der Waals surface area contributed by atoms with E-state index < -0.39 is 18.5 Å². The maximum absolute atomic E-state index is 13.7. The lowest BCUT2D eigenvalue weighted by Gasteiger charge is -2.30. The van der Waals surface area contributed by atoms with E-state index in [-0.39, 0.29) is 24.8 Å². The Morgan fingerprint density at radius 1 is 1.14 bits per heavy atom. The fraction of sp³-hybridized carbons (Fsp3) is 0.654. The van der Waals surface area contributed by atoms with Crippen LogP contribution >= 0.6 is 0 Å². The highest BCUT2D eigenvalue weighted by Gasteiger charge is 2.27. The lowest BCUT2D eigenvalue weighted by molar-refractivity contribution is -0.134. The Labute approximate surface area is 209 Å². The second-order valence-corrected chi connectivity index (χ2v) is 10.2. The predicted molar refractivity (Wildman–Crippen MR) is 128 cm³/mol. The molecule has 0 unspecified atom stereocenters. The van der Waals surface area contributed by atoms with E-state index >= 15 is 0 Å². The minimum absolute atomic E-state index is 0.00955. The van der Waals surface area contributed by atoms with Crippen molar-refractivity contribution in [2.24, 2.45) is 13.0 Å². The van der Waals surface area contributed by atoms with Gasteiger partial charge in [0.2, 0.25) is 11.9 Å². The molecule has 1 aliphatic carbocycles. The van der Waals surface area contributed by atoms with Crippen molar-refractivity contribution in [3.05, 3.63) is 46.8 Å². The Kier molecular flexibility index (Phi) is 8.64. The minimum Gasteiger partial charge on any atom is -0.353 e. The number of halogens is 4. The van der Waals surface area contributed by atoms with Crippen LogP contribution in [-0.2, 0) is 37.5 Å². The third kappa shape index (κ3) is 7.75. The molecule has 1 aliphatic heterocycles. The molecule has 6 nitrogen and oxygen atoms in total. The van der Waals surface area contributed by atoms with Gasteiger partial charge >= 0.3 is 6.18 Å². The third-order valence-corrected chi connectivity index (χ3v) is 7.42. The molecule has 2 aromatic heterocycles. The van der Waals surface area contributed by atoms with E-state index in [4.69, 9.17) is 0 Å². The summed E-state index contributed by atoms with van der Waals surface area (Å²) in [6, 6.07) is 3.83. The Balaban J connectivity index is 1.16. The van der Waals surface area contributed by atoms with Gasteiger partial charge < -0.3 is 10.2 Å². The van der Waals surface area contributed by atoms with Gasteiger partial charge in [0, 0.05) is 62.2 Å². The van der Waals surface area contributed by atoms with Crippen molar-refractivity contribution in [3.63, 3.8) is 0 Å². The van der Waals surface area contributed by atoms with Gasteiger partial charge in [0.25, 0.3) is 0 Å². The summed E-state index contributed by atoms with van der Waals surface area (Å²) in [7, 11) is 1.63. The molecular formula is C26H35F4N5O. The quantitative estimate of drug-likeness (QED) is 0.543. The molecule has 1 N–H and O–H groups in total. The number of aryl methyl sites for hydroxylation is 2. The molecule has 0 atom stereocenters. The van der Waals surface area contributed by atoms with Crippen LogP contribution in [0.15, 0.2) is 18.3 Å². The second kappa shape index (κ2) is 11.7. The Bertz CT molecular complexity index is 1030. The standard InChI is InChI=1S/C26H35F4N5O/c1-34-17-20(25(27)33-34)16-24(36)32-21-5-2-18(3-6-21)9-13-35-14-10-19-4-7-22(8-12-26(28,29)30)31-23(19)11-15-35/h4,7,17-18,21H,2-3,5-6,8-16H2,1H3,(H,32,36). The predicted octanol–water partition coefficient (Wildman–Crippen LogP) is 4.16. The molecule has 1 fully saturated rings. The Morgan fingerprint density at radius 2 is 1.89 bits per heavy atom. The summed E-state index contributed by atoms with van der Waals surface area (Å²) < 4.78 is 52.7. The molecule has 2 aliphatic rings. The third-order valence-electron chi connectivity index (χ3n) is 7.42. The number of fused-ring (bicyclic) bond motifs is 1. The van der Waals surface area contributed by atoms with E-state index in [1.54, 1.807) is 13.1 Å². The molecule has 4 rings (SSSR count). The smallest absolute Gasteiger partial charge is 0.353 e. The molecule has 0 saturated heterocycles. The van der Waals surface area contributed by atoms with E-state index in [0.29, 0.717) is 17.2 Å². The van der Waals surface area contributed by atoms with Crippen LogP contribution in [-0.4, -0.2) is 57.4 Å². The molecule has 1 saturated carbocycles. The molecule has 10 heteroatoms. The SMILES string of the molecule is Cn1cc(CC(=O)NC2CCC(CCN3CCc4ccc(CCC(F)(F)F)nc4CC3)CC2)c(F)n1. The summed E-state index contributed by atoms with van der Waals surface area (Å²) in [6.45, 7) is 2.81. The average molecular weight is 510 g/mol. The van der Waals surface area contributed by atoms with Gasteiger partial charge in [-0.1, -0.05) is 6.07 Å². The van der Waals surface area contributed by atoms with Gasteiger partial charge in [0.15, 0.2) is 0 Å². The maximum Gasteiger partial charge on any atom is 0.389 e. The molecular weight excluding hydrogens is 474 g/mol. The Hall–Kier alpha value is -2.49. The van der Waals surface area contributed by atoms with Crippen LogP contribution in [0.2, 0.25) is 0 Å². The van der Waals surface area contributed by atoms with E-state index in [9.17, 15) is 22.4 Å². The Morgan fingerprint density at radius 3 is 2.58 bits per heavy atom. The molecule has 2 aromatic rings. The van der Waals surface area contributed by atoms with Crippen LogP contribution in [0.4, 0.5) is 17.6 Å². The van der Waals surface area contributed by atoms with Crippen molar-refractivity contribution in [3.8, 4) is 0 Å². The van der Waals surface area contributed by atoms with Gasteiger partial charge in [0.05, 0.1) is 6.42 Å². The highest BCUT2D eigenvalue weighted by molar-refractivity contribution is 5.78. The zero-order valence-electron chi connectivity index (χ0n) is 20.8. The van der Waals surface area contributed by atoms with Crippen LogP contribution in [0.3, 0.4) is 0 Å². The number of rotatable bonds is 8. The summed E-state index contributed by atoms with van der Waals surface area (Å²) >= 11 is 0. The first kappa shape index (κ1) is 26.6. The fourth-order valence-electron chi connectivity index (χ4n) is 5.35. The van der Waals surface area contributed by atoms with Gasteiger partial charge in [0.1, 0.15) is 0 Å². The summed E-state index contributed by atoms with van der Waals surface area (Å²) in [5.41, 5.74) is 2.93. The first-order valence-electron chi connectivity index (χ1n) is 12.9. The van der Waals surface area contributed by atoms with Crippen molar-refractivity contribution in [2.75, 3.05) is 19.6 Å². The monoisotopic (exact) mass is 509 g/mol. The van der Waals surface area contributed by atoms with Crippen molar-refractivity contribution in [1.29, 1.82) is 0 Å². The molecule has 0 bridgehead atoms. The minimum atomic E-state index is -4.16. The molecule has 0 aromatic carbocycles. The molecule has 36 heavy (non-hydrogen) atoms. The van der Waals surface area contributed by atoms with Gasteiger partial charge in [-0.05, 0) is 69.0 Å². The number of aromatic nitrogens is 3. The second-order valence-electron chi connectivity index (χ2n) is 10.2. The summed E-state index contributed by atoms with van der Waals surface area (Å²) in [4.78, 5) is 19.3.